The zero-order valence-corrected chi connectivity index (χ0v) is 15.7. The van der Waals surface area contributed by atoms with Gasteiger partial charge in [0.05, 0.1) is 12.5 Å². The summed E-state index contributed by atoms with van der Waals surface area (Å²) in [6.45, 7) is 3.49. The number of carbonyl (C=O) groups excluding carboxylic acids is 3. The summed E-state index contributed by atoms with van der Waals surface area (Å²) in [5.41, 5.74) is 11.4. The maximum absolute atomic E-state index is 12.6. The minimum atomic E-state index is -1.53. The largest absolute Gasteiger partial charge is 0.508 e. The molecule has 3 atom stereocenters. The minimum Gasteiger partial charge on any atom is -0.508 e. The van der Waals surface area contributed by atoms with E-state index in [0.29, 0.717) is 5.56 Å². The average molecular weight is 394 g/mol. The summed E-state index contributed by atoms with van der Waals surface area (Å²) < 4.78 is 0. The molecule has 1 aromatic carbocycles. The van der Waals surface area contributed by atoms with Crippen LogP contribution in [0.5, 0.6) is 5.75 Å². The molecule has 3 amide bonds. The summed E-state index contributed by atoms with van der Waals surface area (Å²) in [6, 6.07) is 2.42. The molecule has 1 aromatic rings. The van der Waals surface area contributed by atoms with E-state index in [1.807, 2.05) is 0 Å². The SMILES string of the molecule is CC(C)[C@H](N)C(=O)N[C@@H](Cc1ccc(O)cc1)C(=O)N[C@@H](CC(N)=O)C(=O)O. The highest BCUT2D eigenvalue weighted by Crippen LogP contribution is 2.12. The van der Waals surface area contributed by atoms with E-state index in [-0.39, 0.29) is 18.1 Å². The maximum Gasteiger partial charge on any atom is 0.326 e. The third-order valence-electron chi connectivity index (χ3n) is 4.05. The quantitative estimate of drug-likeness (QED) is 0.289. The monoisotopic (exact) mass is 394 g/mol. The van der Waals surface area contributed by atoms with Crippen LogP contribution in [0.15, 0.2) is 24.3 Å². The van der Waals surface area contributed by atoms with Crippen molar-refractivity contribution in [3.63, 3.8) is 0 Å². The number of benzene rings is 1. The van der Waals surface area contributed by atoms with Crippen molar-refractivity contribution in [2.45, 2.75) is 44.8 Å². The molecule has 0 fully saturated rings. The number of phenols is 1. The van der Waals surface area contributed by atoms with Crippen LogP contribution >= 0.6 is 0 Å². The molecule has 0 saturated heterocycles. The summed E-state index contributed by atoms with van der Waals surface area (Å²) in [5.74, 6) is -3.85. The molecular formula is C18H26N4O6. The lowest BCUT2D eigenvalue weighted by atomic mass is 10.0. The van der Waals surface area contributed by atoms with Gasteiger partial charge in [-0.1, -0.05) is 26.0 Å². The number of rotatable bonds is 10. The molecule has 1 rings (SSSR count). The molecule has 0 bridgehead atoms. The molecule has 0 aliphatic rings. The van der Waals surface area contributed by atoms with E-state index in [0.717, 1.165) is 0 Å². The molecule has 10 nitrogen and oxygen atoms in total. The number of carboxylic acids is 1. The van der Waals surface area contributed by atoms with Gasteiger partial charge in [0, 0.05) is 6.42 Å². The van der Waals surface area contributed by atoms with Gasteiger partial charge in [0.15, 0.2) is 0 Å². The van der Waals surface area contributed by atoms with Gasteiger partial charge in [0.2, 0.25) is 17.7 Å². The van der Waals surface area contributed by atoms with Crippen LogP contribution in [0.1, 0.15) is 25.8 Å². The van der Waals surface area contributed by atoms with Crippen molar-refractivity contribution in [2.75, 3.05) is 0 Å². The van der Waals surface area contributed by atoms with Crippen LogP contribution in [0.2, 0.25) is 0 Å². The molecule has 8 N–H and O–H groups in total. The zero-order chi connectivity index (χ0) is 21.4. The smallest absolute Gasteiger partial charge is 0.326 e. The number of nitrogens with two attached hydrogens (primary N) is 2. The number of hydrogen-bond donors (Lipinski definition) is 6. The number of carbonyl (C=O) groups is 4. The van der Waals surface area contributed by atoms with E-state index in [9.17, 15) is 24.3 Å². The van der Waals surface area contributed by atoms with Gasteiger partial charge in [-0.15, -0.1) is 0 Å². The van der Waals surface area contributed by atoms with Gasteiger partial charge in [0.1, 0.15) is 17.8 Å². The predicted molar refractivity (Wildman–Crippen MR) is 99.9 cm³/mol. The zero-order valence-electron chi connectivity index (χ0n) is 15.7. The van der Waals surface area contributed by atoms with Crippen molar-refractivity contribution in [1.82, 2.24) is 10.6 Å². The van der Waals surface area contributed by atoms with E-state index >= 15 is 0 Å². The molecule has 0 aromatic heterocycles. The van der Waals surface area contributed by atoms with Gasteiger partial charge in [-0.05, 0) is 23.6 Å². The van der Waals surface area contributed by atoms with E-state index < -0.39 is 48.2 Å². The highest BCUT2D eigenvalue weighted by atomic mass is 16.4. The Morgan fingerprint density at radius 2 is 1.54 bits per heavy atom. The van der Waals surface area contributed by atoms with Gasteiger partial charge in [-0.25, -0.2) is 4.79 Å². The molecule has 0 heterocycles. The van der Waals surface area contributed by atoms with E-state index in [1.54, 1.807) is 26.0 Å². The summed E-state index contributed by atoms with van der Waals surface area (Å²) in [5, 5.41) is 23.2. The summed E-state index contributed by atoms with van der Waals surface area (Å²) in [6.07, 6.45) is -0.571. The number of hydrogen-bond acceptors (Lipinski definition) is 6. The van der Waals surface area contributed by atoms with Crippen LogP contribution in [-0.2, 0) is 25.6 Å². The molecule has 10 heteroatoms. The predicted octanol–water partition coefficient (Wildman–Crippen LogP) is -1.15. The molecule has 0 unspecified atom stereocenters. The van der Waals surface area contributed by atoms with Gasteiger partial charge in [0.25, 0.3) is 0 Å². The van der Waals surface area contributed by atoms with Crippen LogP contribution in [0, 0.1) is 5.92 Å². The second-order valence-electron chi connectivity index (χ2n) is 6.77. The number of aliphatic carboxylic acids is 1. The molecule has 0 aliphatic carbocycles. The first-order chi connectivity index (χ1) is 13.0. The highest BCUT2D eigenvalue weighted by molar-refractivity contribution is 5.93. The lowest BCUT2D eigenvalue weighted by Gasteiger charge is -2.23. The number of amides is 3. The molecule has 28 heavy (non-hydrogen) atoms. The molecular weight excluding hydrogens is 368 g/mol. The Balaban J connectivity index is 3.01. The van der Waals surface area contributed by atoms with Crippen molar-refractivity contribution in [2.24, 2.45) is 17.4 Å². The second kappa shape index (κ2) is 10.3. The molecule has 0 saturated carbocycles. The average Bonchev–Trinajstić information content (AvgIpc) is 2.60. The Morgan fingerprint density at radius 3 is 2.00 bits per heavy atom. The van der Waals surface area contributed by atoms with Gasteiger partial charge in [-0.2, -0.15) is 0 Å². The number of aromatic hydroxyl groups is 1. The third-order valence-corrected chi connectivity index (χ3v) is 4.05. The number of carboxylic acid groups (broad SMARTS) is 1. The standard InChI is InChI=1S/C18H26N4O6/c1-9(2)15(20)17(26)21-12(7-10-3-5-11(23)6-4-10)16(25)22-13(18(27)28)8-14(19)24/h3-6,9,12-13,15,23H,7-8,20H2,1-2H3,(H2,19,24)(H,21,26)(H,22,25)(H,27,28)/t12-,13-,15-/m0/s1. The fourth-order valence-corrected chi connectivity index (χ4v) is 2.32. The number of phenolic OH excluding ortho intramolecular Hbond substituents is 1. The lowest BCUT2D eigenvalue weighted by molar-refractivity contribution is -0.143. The third kappa shape index (κ3) is 7.23. The van der Waals surface area contributed by atoms with Crippen LogP contribution in [-0.4, -0.2) is 52.0 Å². The Bertz CT molecular complexity index is 719. The highest BCUT2D eigenvalue weighted by Gasteiger charge is 2.29. The van der Waals surface area contributed by atoms with Crippen molar-refractivity contribution in [3.8, 4) is 5.75 Å². The molecule has 0 aliphatic heterocycles. The van der Waals surface area contributed by atoms with Crippen molar-refractivity contribution in [1.29, 1.82) is 0 Å². The van der Waals surface area contributed by atoms with E-state index in [2.05, 4.69) is 10.6 Å². The van der Waals surface area contributed by atoms with Gasteiger partial charge in [-0.3, -0.25) is 14.4 Å². The fourth-order valence-electron chi connectivity index (χ4n) is 2.32. The molecule has 0 radical (unpaired) electrons. The van der Waals surface area contributed by atoms with E-state index in [1.165, 1.54) is 12.1 Å². The van der Waals surface area contributed by atoms with Gasteiger partial charge >= 0.3 is 5.97 Å². The number of primary amides is 1. The molecule has 0 spiro atoms. The van der Waals surface area contributed by atoms with Crippen molar-refractivity contribution < 1.29 is 29.4 Å². The Labute approximate surface area is 162 Å². The van der Waals surface area contributed by atoms with Gasteiger partial charge < -0.3 is 32.3 Å². The summed E-state index contributed by atoms with van der Waals surface area (Å²) in [4.78, 5) is 47.2. The van der Waals surface area contributed by atoms with Crippen molar-refractivity contribution in [3.05, 3.63) is 29.8 Å². The lowest BCUT2D eigenvalue weighted by Crippen LogP contribution is -2.56. The Hall–Kier alpha value is -3.14. The minimum absolute atomic E-state index is 0.0194. The number of nitrogens with one attached hydrogen (secondary N) is 2. The van der Waals surface area contributed by atoms with E-state index in [4.69, 9.17) is 16.6 Å². The topological polar surface area (TPSA) is 185 Å². The normalized spacial score (nSPS) is 14.0. The summed E-state index contributed by atoms with van der Waals surface area (Å²) in [7, 11) is 0. The van der Waals surface area contributed by atoms with Crippen molar-refractivity contribution >= 4 is 23.7 Å². The fraction of sp³-hybridized carbons (Fsp3) is 0.444. The van der Waals surface area contributed by atoms with Crippen LogP contribution in [0.25, 0.3) is 0 Å². The second-order valence-corrected chi connectivity index (χ2v) is 6.77. The Morgan fingerprint density at radius 1 is 1.00 bits per heavy atom. The Kier molecular flexibility index (Phi) is 8.39. The summed E-state index contributed by atoms with van der Waals surface area (Å²) >= 11 is 0. The molecule has 154 valence electrons. The first kappa shape index (κ1) is 22.9. The maximum atomic E-state index is 12.6. The van der Waals surface area contributed by atoms with Crippen LogP contribution in [0.3, 0.4) is 0 Å². The first-order valence-electron chi connectivity index (χ1n) is 8.66. The van der Waals surface area contributed by atoms with Crippen LogP contribution < -0.4 is 22.1 Å². The van der Waals surface area contributed by atoms with Crippen LogP contribution in [0.4, 0.5) is 0 Å². The first-order valence-corrected chi connectivity index (χ1v) is 8.66.